The van der Waals surface area contributed by atoms with Crippen LogP contribution in [0.15, 0.2) is 0 Å². The van der Waals surface area contributed by atoms with E-state index in [9.17, 15) is 4.57 Å². The molecule has 1 atom stereocenters. The summed E-state index contributed by atoms with van der Waals surface area (Å²) in [5, 5.41) is 0. The summed E-state index contributed by atoms with van der Waals surface area (Å²) in [6.45, 7) is 4.29. The summed E-state index contributed by atoms with van der Waals surface area (Å²) in [6, 6.07) is 0. The molecule has 0 bridgehead atoms. The van der Waals surface area contributed by atoms with Gasteiger partial charge in [-0.1, -0.05) is 33.1 Å². The van der Waals surface area contributed by atoms with Gasteiger partial charge in [0.25, 0.3) is 0 Å². The fourth-order valence-electron chi connectivity index (χ4n) is 0.961. The molecule has 0 saturated carbocycles. The fraction of sp³-hybridized carbons (Fsp3) is 1.00. The molecule has 2 heteroatoms. The summed E-state index contributed by atoms with van der Waals surface area (Å²) in [5.41, 5.74) is 0.423. The number of rotatable bonds is 6. The molecule has 60 valence electrons. The molecule has 1 nitrogen and oxygen atoms in total. The van der Waals surface area contributed by atoms with Crippen LogP contribution >= 0.6 is 8.46 Å². The summed E-state index contributed by atoms with van der Waals surface area (Å²) in [6.07, 6.45) is 5.96. The maximum atomic E-state index is 10.4. The molecule has 0 saturated heterocycles. The Hall–Kier alpha value is 0.100. The third-order valence-corrected chi connectivity index (χ3v) is 2.68. The lowest BCUT2D eigenvalue weighted by atomic mass is 10.1. The number of hydrogen-bond donors (Lipinski definition) is 0. The van der Waals surface area contributed by atoms with Gasteiger partial charge in [0.1, 0.15) is 0 Å². The number of hydrogen-bond acceptors (Lipinski definition) is 1. The van der Waals surface area contributed by atoms with Gasteiger partial charge in [-0.2, -0.15) is 0 Å². The van der Waals surface area contributed by atoms with E-state index in [1.165, 1.54) is 19.3 Å². The average molecular weight is 160 g/mol. The van der Waals surface area contributed by atoms with Crippen molar-refractivity contribution in [2.45, 2.75) is 51.6 Å². The van der Waals surface area contributed by atoms with Crippen molar-refractivity contribution in [3.8, 4) is 0 Å². The Morgan fingerprint density at radius 1 is 1.30 bits per heavy atom. The second-order valence-corrected chi connectivity index (χ2v) is 3.60. The Bertz CT molecular complexity index is 83.3. The van der Waals surface area contributed by atoms with Gasteiger partial charge in [0.2, 0.25) is 0 Å². The molecule has 0 aliphatic carbocycles. The molecule has 0 aromatic rings. The van der Waals surface area contributed by atoms with Crippen LogP contribution in [0.4, 0.5) is 0 Å². The molecule has 0 spiro atoms. The first-order chi connectivity index (χ1) is 4.85. The van der Waals surface area contributed by atoms with Crippen LogP contribution in [-0.2, 0) is 4.57 Å². The predicted molar refractivity (Wildman–Crippen MR) is 45.8 cm³/mol. The molecular formula is C8H17OP. The zero-order chi connectivity index (χ0) is 7.82. The average Bonchev–Trinajstić information content (AvgIpc) is 1.99. The summed E-state index contributed by atoms with van der Waals surface area (Å²) in [7, 11) is 0.340. The van der Waals surface area contributed by atoms with Crippen LogP contribution < -0.4 is 0 Å². The Balaban J connectivity index is 3.17. The van der Waals surface area contributed by atoms with E-state index in [1.807, 2.05) is 0 Å². The van der Waals surface area contributed by atoms with Crippen molar-refractivity contribution in [3.05, 3.63) is 0 Å². The van der Waals surface area contributed by atoms with Gasteiger partial charge in [0, 0.05) is 5.66 Å². The molecule has 0 aromatic heterocycles. The van der Waals surface area contributed by atoms with Crippen molar-refractivity contribution >= 4 is 8.46 Å². The van der Waals surface area contributed by atoms with Gasteiger partial charge in [-0.25, -0.2) is 0 Å². The van der Waals surface area contributed by atoms with E-state index in [2.05, 4.69) is 13.8 Å². The Morgan fingerprint density at radius 3 is 2.40 bits per heavy atom. The highest BCUT2D eigenvalue weighted by atomic mass is 31.1. The maximum absolute atomic E-state index is 10.4. The second kappa shape index (κ2) is 7.21. The van der Waals surface area contributed by atoms with Crippen LogP contribution in [0.1, 0.15) is 46.0 Å². The molecule has 10 heavy (non-hydrogen) atoms. The lowest BCUT2D eigenvalue weighted by Gasteiger charge is -2.03. The van der Waals surface area contributed by atoms with E-state index in [1.54, 1.807) is 0 Å². The smallest absolute Gasteiger partial charge is 0.158 e. The molecule has 0 radical (unpaired) electrons. The monoisotopic (exact) mass is 160 g/mol. The minimum atomic E-state index is 0.340. The van der Waals surface area contributed by atoms with Crippen LogP contribution in [0, 0.1) is 0 Å². The van der Waals surface area contributed by atoms with Crippen LogP contribution in [0.2, 0.25) is 0 Å². The first kappa shape index (κ1) is 10.1. The van der Waals surface area contributed by atoms with Gasteiger partial charge in [-0.05, 0) is 12.8 Å². The normalized spacial score (nSPS) is 13.8. The predicted octanol–water partition coefficient (Wildman–Crippen LogP) is 3.64. The Labute approximate surface area is 65.4 Å². The molecular weight excluding hydrogens is 143 g/mol. The van der Waals surface area contributed by atoms with Crippen molar-refractivity contribution in [1.29, 1.82) is 0 Å². The minimum Gasteiger partial charge on any atom is -0.275 e. The molecule has 0 aliphatic heterocycles. The van der Waals surface area contributed by atoms with Gasteiger partial charge >= 0.3 is 0 Å². The van der Waals surface area contributed by atoms with E-state index >= 15 is 0 Å². The van der Waals surface area contributed by atoms with Crippen molar-refractivity contribution < 1.29 is 4.57 Å². The Kier molecular flexibility index (Phi) is 7.28. The molecule has 1 unspecified atom stereocenters. The van der Waals surface area contributed by atoms with E-state index < -0.39 is 0 Å². The first-order valence-corrected chi connectivity index (χ1v) is 5.05. The third-order valence-electron chi connectivity index (χ3n) is 1.76. The number of unbranched alkanes of at least 4 members (excludes halogenated alkanes) is 2. The topological polar surface area (TPSA) is 17.1 Å². The highest BCUT2D eigenvalue weighted by Crippen LogP contribution is 2.17. The maximum Gasteiger partial charge on any atom is 0.158 e. The van der Waals surface area contributed by atoms with Crippen LogP contribution in [0.25, 0.3) is 0 Å². The van der Waals surface area contributed by atoms with Crippen LogP contribution in [0.3, 0.4) is 0 Å². The molecule has 0 fully saturated rings. The van der Waals surface area contributed by atoms with Crippen molar-refractivity contribution in [1.82, 2.24) is 0 Å². The molecule has 0 rings (SSSR count). The minimum absolute atomic E-state index is 0.340. The van der Waals surface area contributed by atoms with E-state index in [0.29, 0.717) is 14.1 Å². The first-order valence-electron chi connectivity index (χ1n) is 4.17. The summed E-state index contributed by atoms with van der Waals surface area (Å²) in [4.78, 5) is 0. The quantitative estimate of drug-likeness (QED) is 0.428. The van der Waals surface area contributed by atoms with Gasteiger partial charge < -0.3 is 0 Å². The second-order valence-electron chi connectivity index (χ2n) is 2.66. The van der Waals surface area contributed by atoms with Crippen molar-refractivity contribution in [3.63, 3.8) is 0 Å². The van der Waals surface area contributed by atoms with Crippen molar-refractivity contribution in [2.24, 2.45) is 0 Å². The SMILES string of the molecule is CCCCCC(CC)P=O. The van der Waals surface area contributed by atoms with Crippen LogP contribution in [-0.4, -0.2) is 5.66 Å². The lowest BCUT2D eigenvalue weighted by molar-refractivity contribution is 0.571. The van der Waals surface area contributed by atoms with Gasteiger partial charge in [-0.3, -0.25) is 4.57 Å². The fourth-order valence-corrected chi connectivity index (χ4v) is 1.40. The highest BCUT2D eigenvalue weighted by molar-refractivity contribution is 7.24. The van der Waals surface area contributed by atoms with E-state index in [0.717, 1.165) is 12.8 Å². The summed E-state index contributed by atoms with van der Waals surface area (Å²) >= 11 is 0. The zero-order valence-corrected chi connectivity index (χ0v) is 7.86. The lowest BCUT2D eigenvalue weighted by Crippen LogP contribution is -1.94. The zero-order valence-electron chi connectivity index (χ0n) is 6.97. The largest absolute Gasteiger partial charge is 0.275 e. The summed E-state index contributed by atoms with van der Waals surface area (Å²) in [5.74, 6) is 0. The third kappa shape index (κ3) is 4.93. The van der Waals surface area contributed by atoms with Crippen LogP contribution in [0.5, 0.6) is 0 Å². The van der Waals surface area contributed by atoms with E-state index in [4.69, 9.17) is 0 Å². The molecule has 0 heterocycles. The van der Waals surface area contributed by atoms with Gasteiger partial charge in [-0.15, -0.1) is 0 Å². The van der Waals surface area contributed by atoms with Crippen molar-refractivity contribution in [2.75, 3.05) is 0 Å². The molecule has 0 N–H and O–H groups in total. The highest BCUT2D eigenvalue weighted by Gasteiger charge is 2.03. The Morgan fingerprint density at radius 2 is 2.00 bits per heavy atom. The van der Waals surface area contributed by atoms with Gasteiger partial charge in [0.15, 0.2) is 8.46 Å². The van der Waals surface area contributed by atoms with E-state index in [-0.39, 0.29) is 0 Å². The summed E-state index contributed by atoms with van der Waals surface area (Å²) < 4.78 is 10.4. The van der Waals surface area contributed by atoms with Gasteiger partial charge in [0.05, 0.1) is 0 Å². The molecule has 0 amide bonds. The molecule has 0 aromatic carbocycles. The standard InChI is InChI=1S/C8H17OP/c1-3-5-6-7-8(4-2)10-9/h8H,3-7H2,1-2H3. The molecule has 0 aliphatic rings.